The number of aliphatic hydroxyl groups excluding tert-OH is 1. The van der Waals surface area contributed by atoms with E-state index < -0.39 is 0 Å². The maximum Gasteiger partial charge on any atom is 0.163 e. The van der Waals surface area contributed by atoms with E-state index in [1.807, 2.05) is 18.2 Å². The summed E-state index contributed by atoms with van der Waals surface area (Å²) in [5.74, 6) is 1.49. The molecule has 19 heavy (non-hydrogen) atoms. The Labute approximate surface area is 110 Å². The van der Waals surface area contributed by atoms with E-state index in [0.29, 0.717) is 19.6 Å². The first-order valence-corrected chi connectivity index (χ1v) is 6.29. The Bertz CT molecular complexity index is 568. The van der Waals surface area contributed by atoms with Gasteiger partial charge in [-0.05, 0) is 12.1 Å². The van der Waals surface area contributed by atoms with Gasteiger partial charge in [-0.25, -0.2) is 4.68 Å². The Balaban J connectivity index is 1.89. The highest BCUT2D eigenvalue weighted by molar-refractivity contribution is 5.48. The molecule has 0 bridgehead atoms. The predicted octanol–water partition coefficient (Wildman–Crippen LogP) is 0.963. The van der Waals surface area contributed by atoms with Gasteiger partial charge in [0, 0.05) is 25.5 Å². The fourth-order valence-electron chi connectivity index (χ4n) is 1.95. The highest BCUT2D eigenvalue weighted by atomic mass is 16.5. The lowest BCUT2D eigenvalue weighted by molar-refractivity contribution is 0.297. The summed E-state index contributed by atoms with van der Waals surface area (Å²) in [5, 5.41) is 16.9. The number of rotatable bonds is 3. The number of hydrogen-bond acceptors (Lipinski definition) is 5. The molecule has 0 spiro atoms. The van der Waals surface area contributed by atoms with Crippen molar-refractivity contribution < 1.29 is 14.6 Å². The van der Waals surface area contributed by atoms with Crippen molar-refractivity contribution in [2.75, 3.05) is 19.8 Å². The van der Waals surface area contributed by atoms with Crippen molar-refractivity contribution in [2.45, 2.75) is 12.8 Å². The molecule has 0 atom stereocenters. The molecule has 1 N–H and O–H groups in total. The lowest BCUT2D eigenvalue weighted by Crippen LogP contribution is -1.98. The van der Waals surface area contributed by atoms with Crippen LogP contribution < -0.4 is 9.47 Å². The van der Waals surface area contributed by atoms with E-state index in [4.69, 9.17) is 14.6 Å². The Morgan fingerprint density at radius 2 is 2.05 bits per heavy atom. The van der Waals surface area contributed by atoms with Gasteiger partial charge in [-0.2, -0.15) is 0 Å². The predicted molar refractivity (Wildman–Crippen MR) is 67.8 cm³/mol. The van der Waals surface area contributed by atoms with E-state index in [0.717, 1.165) is 29.3 Å². The third-order valence-corrected chi connectivity index (χ3v) is 2.90. The van der Waals surface area contributed by atoms with Crippen LogP contribution in [0.5, 0.6) is 11.5 Å². The highest BCUT2D eigenvalue weighted by Crippen LogP contribution is 2.31. The minimum Gasteiger partial charge on any atom is -0.490 e. The molecular weight excluding hydrogens is 246 g/mol. The van der Waals surface area contributed by atoms with Crippen molar-refractivity contribution in [3.8, 4) is 17.2 Å². The molecule has 0 saturated heterocycles. The molecule has 0 radical (unpaired) electrons. The Morgan fingerprint density at radius 3 is 2.89 bits per heavy atom. The SMILES string of the molecule is OCCc1cn(-c2ccc3c(c2)OCCCO3)nn1. The zero-order chi connectivity index (χ0) is 13.1. The molecule has 0 fully saturated rings. The van der Waals surface area contributed by atoms with Gasteiger partial charge in [0.15, 0.2) is 11.5 Å². The van der Waals surface area contributed by atoms with Crippen molar-refractivity contribution >= 4 is 0 Å². The van der Waals surface area contributed by atoms with Gasteiger partial charge in [0.1, 0.15) is 0 Å². The zero-order valence-electron chi connectivity index (χ0n) is 10.5. The Morgan fingerprint density at radius 1 is 1.21 bits per heavy atom. The van der Waals surface area contributed by atoms with Gasteiger partial charge in [0.2, 0.25) is 0 Å². The first kappa shape index (κ1) is 12.0. The third kappa shape index (κ3) is 2.53. The van der Waals surface area contributed by atoms with Crippen molar-refractivity contribution in [3.05, 3.63) is 30.1 Å². The van der Waals surface area contributed by atoms with Gasteiger partial charge in [0.25, 0.3) is 0 Å². The summed E-state index contributed by atoms with van der Waals surface area (Å²) in [6.07, 6.45) is 3.19. The fraction of sp³-hybridized carbons (Fsp3) is 0.385. The summed E-state index contributed by atoms with van der Waals surface area (Å²) in [6, 6.07) is 5.67. The van der Waals surface area contributed by atoms with E-state index in [-0.39, 0.29) is 6.61 Å². The van der Waals surface area contributed by atoms with Crippen LogP contribution in [-0.2, 0) is 6.42 Å². The number of aromatic nitrogens is 3. The monoisotopic (exact) mass is 261 g/mol. The van der Waals surface area contributed by atoms with Gasteiger partial charge in [-0.15, -0.1) is 5.10 Å². The van der Waals surface area contributed by atoms with Crippen LogP contribution >= 0.6 is 0 Å². The molecule has 100 valence electrons. The van der Waals surface area contributed by atoms with E-state index in [2.05, 4.69) is 10.3 Å². The third-order valence-electron chi connectivity index (χ3n) is 2.90. The van der Waals surface area contributed by atoms with E-state index in [1.165, 1.54) is 0 Å². The van der Waals surface area contributed by atoms with Crippen LogP contribution in [0.15, 0.2) is 24.4 Å². The van der Waals surface area contributed by atoms with Crippen LogP contribution in [0.1, 0.15) is 12.1 Å². The van der Waals surface area contributed by atoms with E-state index >= 15 is 0 Å². The number of benzene rings is 1. The normalized spacial score (nSPS) is 14.2. The Hall–Kier alpha value is -2.08. The first-order chi connectivity index (χ1) is 9.36. The summed E-state index contributed by atoms with van der Waals surface area (Å²) in [7, 11) is 0. The molecule has 0 amide bonds. The van der Waals surface area contributed by atoms with Crippen LogP contribution in [0.25, 0.3) is 5.69 Å². The number of fused-ring (bicyclic) bond motifs is 1. The second-order valence-electron chi connectivity index (χ2n) is 4.31. The van der Waals surface area contributed by atoms with Crippen molar-refractivity contribution in [1.82, 2.24) is 15.0 Å². The summed E-state index contributed by atoms with van der Waals surface area (Å²) in [5.41, 5.74) is 1.62. The van der Waals surface area contributed by atoms with E-state index in [1.54, 1.807) is 10.9 Å². The van der Waals surface area contributed by atoms with Crippen LogP contribution in [0.2, 0.25) is 0 Å². The quantitative estimate of drug-likeness (QED) is 0.891. The Kier molecular flexibility index (Phi) is 3.33. The molecular formula is C13H15N3O3. The second-order valence-corrected chi connectivity index (χ2v) is 4.31. The molecule has 1 aliphatic heterocycles. The number of aliphatic hydroxyl groups is 1. The molecule has 1 aromatic carbocycles. The van der Waals surface area contributed by atoms with Crippen LogP contribution in [0.4, 0.5) is 0 Å². The lowest BCUT2D eigenvalue weighted by Gasteiger charge is -2.08. The van der Waals surface area contributed by atoms with Crippen molar-refractivity contribution in [3.63, 3.8) is 0 Å². The zero-order valence-corrected chi connectivity index (χ0v) is 10.5. The summed E-state index contributed by atoms with van der Waals surface area (Å²) >= 11 is 0. The van der Waals surface area contributed by atoms with Crippen molar-refractivity contribution in [1.29, 1.82) is 0 Å². The molecule has 0 saturated carbocycles. The van der Waals surface area contributed by atoms with Gasteiger partial charge in [0.05, 0.1) is 30.8 Å². The molecule has 1 aromatic heterocycles. The fourth-order valence-corrected chi connectivity index (χ4v) is 1.95. The van der Waals surface area contributed by atoms with Gasteiger partial charge < -0.3 is 14.6 Å². The van der Waals surface area contributed by atoms with E-state index in [9.17, 15) is 0 Å². The minimum absolute atomic E-state index is 0.0693. The number of nitrogens with zero attached hydrogens (tertiary/aromatic N) is 3. The maximum atomic E-state index is 8.88. The molecule has 6 nitrogen and oxygen atoms in total. The average molecular weight is 261 g/mol. The van der Waals surface area contributed by atoms with Crippen LogP contribution in [0, 0.1) is 0 Å². The van der Waals surface area contributed by atoms with Crippen LogP contribution in [0.3, 0.4) is 0 Å². The average Bonchev–Trinajstić information content (AvgIpc) is 2.76. The van der Waals surface area contributed by atoms with Gasteiger partial charge in [-0.3, -0.25) is 0 Å². The van der Waals surface area contributed by atoms with Crippen LogP contribution in [-0.4, -0.2) is 39.9 Å². The molecule has 2 heterocycles. The highest BCUT2D eigenvalue weighted by Gasteiger charge is 2.12. The standard InChI is InChI=1S/C13H15N3O3/c17-5-4-10-9-16(15-14-10)11-2-3-12-13(8-11)19-7-1-6-18-12/h2-3,8-9,17H,1,4-7H2. The largest absolute Gasteiger partial charge is 0.490 e. The summed E-state index contributed by atoms with van der Waals surface area (Å²) in [6.45, 7) is 1.40. The first-order valence-electron chi connectivity index (χ1n) is 6.29. The molecule has 2 aromatic rings. The number of ether oxygens (including phenoxy) is 2. The summed E-state index contributed by atoms with van der Waals surface area (Å²) in [4.78, 5) is 0. The smallest absolute Gasteiger partial charge is 0.163 e. The molecule has 0 unspecified atom stereocenters. The molecule has 0 aliphatic carbocycles. The van der Waals surface area contributed by atoms with Crippen molar-refractivity contribution in [2.24, 2.45) is 0 Å². The molecule has 3 rings (SSSR count). The maximum absolute atomic E-state index is 8.88. The second kappa shape index (κ2) is 5.27. The molecule has 1 aliphatic rings. The van der Waals surface area contributed by atoms with Gasteiger partial charge in [-0.1, -0.05) is 5.21 Å². The topological polar surface area (TPSA) is 69.4 Å². The number of hydrogen-bond donors (Lipinski definition) is 1. The molecule has 6 heteroatoms. The minimum atomic E-state index is 0.0693. The lowest BCUT2D eigenvalue weighted by atomic mass is 10.2. The summed E-state index contributed by atoms with van der Waals surface area (Å²) < 4.78 is 12.9. The van der Waals surface area contributed by atoms with Gasteiger partial charge >= 0.3 is 0 Å².